The molecule has 0 spiro atoms. The Kier molecular flexibility index (Phi) is 4.99. The number of nitrogens with one attached hydrogen (secondary N) is 2. The zero-order valence-electron chi connectivity index (χ0n) is 16.0. The molecule has 8 heteroatoms. The van der Waals surface area contributed by atoms with Gasteiger partial charge in [-0.2, -0.15) is 0 Å². The number of rotatable bonds is 5. The average molecular weight is 375 g/mol. The van der Waals surface area contributed by atoms with E-state index in [1.807, 2.05) is 32.0 Å². The van der Waals surface area contributed by atoms with Gasteiger partial charge in [-0.15, -0.1) is 0 Å². The zero-order valence-corrected chi connectivity index (χ0v) is 16.0. The molecule has 0 aliphatic carbocycles. The monoisotopic (exact) mass is 375 g/mol. The van der Waals surface area contributed by atoms with Gasteiger partial charge in [-0.25, -0.2) is 4.79 Å². The first-order chi connectivity index (χ1) is 12.7. The van der Waals surface area contributed by atoms with Crippen molar-refractivity contribution in [2.75, 3.05) is 19.8 Å². The normalized spacial score (nSPS) is 19.1. The van der Waals surface area contributed by atoms with Crippen molar-refractivity contribution in [2.45, 2.75) is 39.3 Å². The molecule has 27 heavy (non-hydrogen) atoms. The highest BCUT2D eigenvalue weighted by molar-refractivity contribution is 6.08. The number of urea groups is 1. The van der Waals surface area contributed by atoms with Crippen LogP contribution in [0.15, 0.2) is 18.2 Å². The molecule has 0 unspecified atom stereocenters. The second-order valence-electron chi connectivity index (χ2n) is 7.64. The number of hydrogen-bond acceptors (Lipinski definition) is 5. The Labute approximate surface area is 158 Å². The topological polar surface area (TPSA) is 97.0 Å². The quantitative estimate of drug-likeness (QED) is 0.762. The molecule has 3 rings (SSSR count). The molecule has 2 heterocycles. The van der Waals surface area contributed by atoms with Gasteiger partial charge in [-0.3, -0.25) is 14.5 Å². The number of nitrogens with zero attached hydrogens (tertiary/aromatic N) is 1. The smallest absolute Gasteiger partial charge is 0.325 e. The molecule has 0 bridgehead atoms. The van der Waals surface area contributed by atoms with Crippen LogP contribution in [0.3, 0.4) is 0 Å². The minimum absolute atomic E-state index is 0.0936. The summed E-state index contributed by atoms with van der Waals surface area (Å²) in [4.78, 5) is 37.7. The van der Waals surface area contributed by atoms with Gasteiger partial charge in [0, 0.05) is 0 Å². The molecule has 2 N–H and O–H groups in total. The van der Waals surface area contributed by atoms with E-state index in [0.717, 1.165) is 10.5 Å². The Morgan fingerprint density at radius 3 is 2.48 bits per heavy atom. The molecule has 0 saturated carbocycles. The van der Waals surface area contributed by atoms with Crippen molar-refractivity contribution < 1.29 is 23.9 Å². The summed E-state index contributed by atoms with van der Waals surface area (Å²) in [6, 6.07) is 4.72. The van der Waals surface area contributed by atoms with E-state index in [2.05, 4.69) is 10.6 Å². The molecule has 1 fully saturated rings. The Bertz CT molecular complexity index is 775. The standard InChI is InChI=1S/C19H25N3O5/c1-11(2)16(12-5-6-13-14(9-12)27-8-7-26-13)20-15(23)10-22-17(24)19(3,4)21-18(22)25/h5-6,9,11,16H,7-8,10H2,1-4H3,(H,20,23)(H,21,25)/t16-/m1/s1. The van der Waals surface area contributed by atoms with Gasteiger partial charge < -0.3 is 20.1 Å². The van der Waals surface area contributed by atoms with Gasteiger partial charge in [0.15, 0.2) is 11.5 Å². The van der Waals surface area contributed by atoms with Gasteiger partial charge in [0.2, 0.25) is 5.91 Å². The van der Waals surface area contributed by atoms with Crippen LogP contribution in [0.25, 0.3) is 0 Å². The molecule has 0 aromatic heterocycles. The van der Waals surface area contributed by atoms with Crippen molar-refractivity contribution in [1.29, 1.82) is 0 Å². The van der Waals surface area contributed by atoms with E-state index in [9.17, 15) is 14.4 Å². The number of imide groups is 1. The molecule has 1 saturated heterocycles. The molecule has 1 atom stereocenters. The first-order valence-corrected chi connectivity index (χ1v) is 9.02. The van der Waals surface area contributed by atoms with Crippen LogP contribution in [-0.4, -0.2) is 48.0 Å². The first kappa shape index (κ1) is 19.0. The maximum atomic E-state index is 12.5. The van der Waals surface area contributed by atoms with E-state index in [4.69, 9.17) is 9.47 Å². The van der Waals surface area contributed by atoms with Crippen LogP contribution >= 0.6 is 0 Å². The number of benzene rings is 1. The summed E-state index contributed by atoms with van der Waals surface area (Å²) in [7, 11) is 0. The van der Waals surface area contributed by atoms with Crippen LogP contribution in [0.4, 0.5) is 4.79 Å². The lowest BCUT2D eigenvalue weighted by molar-refractivity contribution is -0.134. The lowest BCUT2D eigenvalue weighted by atomic mass is 9.95. The number of carbonyl (C=O) groups excluding carboxylic acids is 3. The highest BCUT2D eigenvalue weighted by Crippen LogP contribution is 2.34. The summed E-state index contributed by atoms with van der Waals surface area (Å²) in [6.07, 6.45) is 0. The highest BCUT2D eigenvalue weighted by Gasteiger charge is 2.45. The predicted molar refractivity (Wildman–Crippen MR) is 97.5 cm³/mol. The second-order valence-corrected chi connectivity index (χ2v) is 7.64. The lowest BCUT2D eigenvalue weighted by Crippen LogP contribution is -2.44. The van der Waals surface area contributed by atoms with Crippen LogP contribution in [0.2, 0.25) is 0 Å². The Balaban J connectivity index is 1.72. The van der Waals surface area contributed by atoms with E-state index in [0.29, 0.717) is 24.7 Å². The fourth-order valence-electron chi connectivity index (χ4n) is 3.21. The van der Waals surface area contributed by atoms with Crippen LogP contribution < -0.4 is 20.1 Å². The number of hydrogen-bond donors (Lipinski definition) is 2. The zero-order chi connectivity index (χ0) is 19.8. The van der Waals surface area contributed by atoms with Crippen LogP contribution in [0.1, 0.15) is 39.3 Å². The average Bonchev–Trinajstić information content (AvgIpc) is 2.80. The molecule has 1 aromatic rings. The van der Waals surface area contributed by atoms with E-state index >= 15 is 0 Å². The van der Waals surface area contributed by atoms with Gasteiger partial charge in [-0.1, -0.05) is 19.9 Å². The lowest BCUT2D eigenvalue weighted by Gasteiger charge is -2.26. The van der Waals surface area contributed by atoms with E-state index in [-0.39, 0.29) is 18.5 Å². The Morgan fingerprint density at radius 2 is 1.89 bits per heavy atom. The fraction of sp³-hybridized carbons (Fsp3) is 0.526. The van der Waals surface area contributed by atoms with Crippen molar-refractivity contribution in [2.24, 2.45) is 5.92 Å². The second kappa shape index (κ2) is 7.09. The summed E-state index contributed by atoms with van der Waals surface area (Å²) in [6.45, 7) is 7.86. The number of amides is 4. The number of fused-ring (bicyclic) bond motifs is 1. The largest absolute Gasteiger partial charge is 0.486 e. The summed E-state index contributed by atoms with van der Waals surface area (Å²) < 4.78 is 11.1. The minimum Gasteiger partial charge on any atom is -0.486 e. The third-order valence-electron chi connectivity index (χ3n) is 4.65. The van der Waals surface area contributed by atoms with Gasteiger partial charge in [0.1, 0.15) is 25.3 Å². The molecule has 0 radical (unpaired) electrons. The van der Waals surface area contributed by atoms with Gasteiger partial charge in [0.05, 0.1) is 6.04 Å². The van der Waals surface area contributed by atoms with Crippen molar-refractivity contribution in [3.63, 3.8) is 0 Å². The fourth-order valence-corrected chi connectivity index (χ4v) is 3.21. The minimum atomic E-state index is -0.995. The van der Waals surface area contributed by atoms with Gasteiger partial charge >= 0.3 is 6.03 Å². The summed E-state index contributed by atoms with van der Waals surface area (Å²) in [5, 5.41) is 5.49. The van der Waals surface area contributed by atoms with Gasteiger partial charge in [-0.05, 0) is 37.5 Å². The van der Waals surface area contributed by atoms with Crippen molar-refractivity contribution in [3.8, 4) is 11.5 Å². The number of ether oxygens (including phenoxy) is 2. The third kappa shape index (κ3) is 3.84. The SMILES string of the molecule is CC(C)[C@@H](NC(=O)CN1C(=O)NC(C)(C)C1=O)c1ccc2c(c1)OCCO2. The van der Waals surface area contributed by atoms with Crippen LogP contribution in [0, 0.1) is 5.92 Å². The summed E-state index contributed by atoms with van der Waals surface area (Å²) >= 11 is 0. The van der Waals surface area contributed by atoms with E-state index in [1.54, 1.807) is 13.8 Å². The van der Waals surface area contributed by atoms with Gasteiger partial charge in [0.25, 0.3) is 5.91 Å². The Morgan fingerprint density at radius 1 is 1.22 bits per heavy atom. The van der Waals surface area contributed by atoms with E-state index in [1.165, 1.54) is 0 Å². The third-order valence-corrected chi connectivity index (χ3v) is 4.65. The Hall–Kier alpha value is -2.77. The summed E-state index contributed by atoms with van der Waals surface area (Å²) in [5.41, 5.74) is -0.120. The molecule has 8 nitrogen and oxygen atoms in total. The maximum Gasteiger partial charge on any atom is 0.325 e. The molecular formula is C19H25N3O5. The molecule has 146 valence electrons. The first-order valence-electron chi connectivity index (χ1n) is 9.02. The molecule has 4 amide bonds. The van der Waals surface area contributed by atoms with Crippen LogP contribution in [0.5, 0.6) is 11.5 Å². The van der Waals surface area contributed by atoms with Crippen LogP contribution in [-0.2, 0) is 9.59 Å². The number of carbonyl (C=O) groups is 3. The van der Waals surface area contributed by atoms with E-state index < -0.39 is 23.4 Å². The van der Waals surface area contributed by atoms with Crippen molar-refractivity contribution in [3.05, 3.63) is 23.8 Å². The molecule has 1 aromatic carbocycles. The summed E-state index contributed by atoms with van der Waals surface area (Å²) in [5.74, 6) is 0.610. The molecular weight excluding hydrogens is 350 g/mol. The van der Waals surface area contributed by atoms with Crippen molar-refractivity contribution in [1.82, 2.24) is 15.5 Å². The highest BCUT2D eigenvalue weighted by atomic mass is 16.6. The predicted octanol–water partition coefficient (Wildman–Crippen LogP) is 1.60. The maximum absolute atomic E-state index is 12.5. The molecule has 2 aliphatic rings. The van der Waals surface area contributed by atoms with Crippen molar-refractivity contribution >= 4 is 17.8 Å². The molecule has 2 aliphatic heterocycles.